The summed E-state index contributed by atoms with van der Waals surface area (Å²) in [5, 5.41) is 9.64. The number of morpholine rings is 1. The molecule has 1 saturated heterocycles. The summed E-state index contributed by atoms with van der Waals surface area (Å²) >= 11 is 6.35. The third-order valence-electron chi connectivity index (χ3n) is 4.35. The van der Waals surface area contributed by atoms with Crippen LogP contribution in [0.4, 0.5) is 0 Å². The van der Waals surface area contributed by atoms with Crippen molar-refractivity contribution in [2.75, 3.05) is 19.7 Å². The molecule has 6 nitrogen and oxygen atoms in total. The Kier molecular flexibility index (Phi) is 4.75. The lowest BCUT2D eigenvalue weighted by molar-refractivity contribution is -0.0405. The summed E-state index contributed by atoms with van der Waals surface area (Å²) in [5.74, 6) is 0. The Hall–Kier alpha value is -1.37. The predicted molar refractivity (Wildman–Crippen MR) is 89.7 cm³/mol. The summed E-state index contributed by atoms with van der Waals surface area (Å²) in [5.41, 5.74) is 4.34. The SMILES string of the molecule is Cc1cc(C)n(CC2CN(Cc3c(C)nn(C)c3Cl)CCO2)n1. The highest BCUT2D eigenvalue weighted by molar-refractivity contribution is 6.30. The van der Waals surface area contributed by atoms with Crippen LogP contribution in [0.2, 0.25) is 5.15 Å². The number of aryl methyl sites for hydroxylation is 4. The lowest BCUT2D eigenvalue weighted by Crippen LogP contribution is -2.44. The van der Waals surface area contributed by atoms with Crippen molar-refractivity contribution >= 4 is 11.6 Å². The molecule has 1 aliphatic heterocycles. The molecule has 23 heavy (non-hydrogen) atoms. The minimum absolute atomic E-state index is 0.150. The fourth-order valence-electron chi connectivity index (χ4n) is 3.16. The number of ether oxygens (including phenoxy) is 1. The van der Waals surface area contributed by atoms with Gasteiger partial charge >= 0.3 is 0 Å². The molecule has 2 aromatic rings. The van der Waals surface area contributed by atoms with E-state index in [-0.39, 0.29) is 6.10 Å². The molecule has 0 N–H and O–H groups in total. The van der Waals surface area contributed by atoms with Gasteiger partial charge in [0, 0.05) is 37.9 Å². The van der Waals surface area contributed by atoms with E-state index in [0.717, 1.165) is 54.9 Å². The van der Waals surface area contributed by atoms with Gasteiger partial charge < -0.3 is 4.74 Å². The standard InChI is InChI=1S/C16H24ClN5O/c1-11-7-12(2)22(18-11)9-14-8-21(5-6-23-14)10-15-13(3)19-20(4)16(15)17/h7,14H,5-6,8-10H2,1-4H3. The molecular formula is C16H24ClN5O. The summed E-state index contributed by atoms with van der Waals surface area (Å²) < 4.78 is 9.69. The van der Waals surface area contributed by atoms with Crippen molar-refractivity contribution in [3.05, 3.63) is 33.9 Å². The predicted octanol–water partition coefficient (Wildman–Crippen LogP) is 2.10. The molecular weight excluding hydrogens is 314 g/mol. The molecule has 0 saturated carbocycles. The van der Waals surface area contributed by atoms with Crippen molar-refractivity contribution in [1.82, 2.24) is 24.5 Å². The topological polar surface area (TPSA) is 48.1 Å². The molecule has 0 aliphatic carbocycles. The Balaban J connectivity index is 1.65. The first kappa shape index (κ1) is 16.5. The van der Waals surface area contributed by atoms with Gasteiger partial charge in [0.2, 0.25) is 0 Å². The lowest BCUT2D eigenvalue weighted by atomic mass is 10.2. The lowest BCUT2D eigenvalue weighted by Gasteiger charge is -2.33. The van der Waals surface area contributed by atoms with Gasteiger partial charge in [-0.1, -0.05) is 11.6 Å². The van der Waals surface area contributed by atoms with Crippen LogP contribution in [-0.4, -0.2) is 50.3 Å². The zero-order valence-corrected chi connectivity index (χ0v) is 15.0. The van der Waals surface area contributed by atoms with E-state index in [9.17, 15) is 0 Å². The summed E-state index contributed by atoms with van der Waals surface area (Å²) in [4.78, 5) is 2.38. The van der Waals surface area contributed by atoms with Crippen LogP contribution in [0.1, 0.15) is 22.6 Å². The highest BCUT2D eigenvalue weighted by Gasteiger charge is 2.24. The van der Waals surface area contributed by atoms with Gasteiger partial charge in [0.05, 0.1) is 30.6 Å². The zero-order valence-electron chi connectivity index (χ0n) is 14.2. The second-order valence-corrected chi connectivity index (χ2v) is 6.67. The average molecular weight is 338 g/mol. The van der Waals surface area contributed by atoms with E-state index in [1.165, 1.54) is 5.69 Å². The third-order valence-corrected chi connectivity index (χ3v) is 4.83. The Morgan fingerprint density at radius 1 is 1.30 bits per heavy atom. The molecule has 3 rings (SSSR count). The molecule has 126 valence electrons. The number of rotatable bonds is 4. The molecule has 0 aromatic carbocycles. The van der Waals surface area contributed by atoms with Crippen LogP contribution in [0.5, 0.6) is 0 Å². The van der Waals surface area contributed by atoms with Crippen LogP contribution in [0.15, 0.2) is 6.07 Å². The first-order valence-corrected chi connectivity index (χ1v) is 8.35. The largest absolute Gasteiger partial charge is 0.374 e. The van der Waals surface area contributed by atoms with Crippen LogP contribution in [0.3, 0.4) is 0 Å². The Bertz CT molecular complexity index is 693. The average Bonchev–Trinajstić information content (AvgIpc) is 2.93. The molecule has 1 fully saturated rings. The van der Waals surface area contributed by atoms with Gasteiger partial charge in [-0.3, -0.25) is 14.3 Å². The van der Waals surface area contributed by atoms with E-state index in [1.54, 1.807) is 4.68 Å². The van der Waals surface area contributed by atoms with Gasteiger partial charge in [0.25, 0.3) is 0 Å². The van der Waals surface area contributed by atoms with E-state index < -0.39 is 0 Å². The maximum absolute atomic E-state index is 6.35. The summed E-state index contributed by atoms with van der Waals surface area (Å²) in [6, 6.07) is 2.10. The van der Waals surface area contributed by atoms with Crippen LogP contribution < -0.4 is 0 Å². The van der Waals surface area contributed by atoms with E-state index in [1.807, 2.05) is 25.6 Å². The molecule has 3 heterocycles. The molecule has 1 atom stereocenters. The quantitative estimate of drug-likeness (QED) is 0.857. The number of hydrogen-bond acceptors (Lipinski definition) is 4. The van der Waals surface area contributed by atoms with Crippen molar-refractivity contribution < 1.29 is 4.74 Å². The second-order valence-electron chi connectivity index (χ2n) is 6.32. The molecule has 0 radical (unpaired) electrons. The highest BCUT2D eigenvalue weighted by Crippen LogP contribution is 2.22. The van der Waals surface area contributed by atoms with Gasteiger partial charge in [0.1, 0.15) is 5.15 Å². The van der Waals surface area contributed by atoms with Gasteiger partial charge in [-0.05, 0) is 26.8 Å². The molecule has 0 spiro atoms. The fraction of sp³-hybridized carbons (Fsp3) is 0.625. The van der Waals surface area contributed by atoms with Crippen molar-refractivity contribution in [3.63, 3.8) is 0 Å². The van der Waals surface area contributed by atoms with E-state index in [2.05, 4.69) is 28.1 Å². The summed E-state index contributed by atoms with van der Waals surface area (Å²) in [7, 11) is 1.88. The zero-order chi connectivity index (χ0) is 16.6. The fourth-order valence-corrected chi connectivity index (χ4v) is 3.40. The van der Waals surface area contributed by atoms with Gasteiger partial charge in [0.15, 0.2) is 0 Å². The molecule has 2 aromatic heterocycles. The summed E-state index contributed by atoms with van der Waals surface area (Å²) in [6.45, 7) is 10.2. The van der Waals surface area contributed by atoms with Crippen LogP contribution >= 0.6 is 11.6 Å². The van der Waals surface area contributed by atoms with Gasteiger partial charge in [-0.25, -0.2) is 0 Å². The van der Waals surface area contributed by atoms with Crippen molar-refractivity contribution in [1.29, 1.82) is 0 Å². The summed E-state index contributed by atoms with van der Waals surface area (Å²) in [6.07, 6.45) is 0.150. The molecule has 0 bridgehead atoms. The van der Waals surface area contributed by atoms with Gasteiger partial charge in [-0.15, -0.1) is 0 Å². The van der Waals surface area contributed by atoms with Crippen molar-refractivity contribution in [2.45, 2.75) is 40.0 Å². The second kappa shape index (κ2) is 6.63. The molecule has 0 amide bonds. The number of halogens is 1. The van der Waals surface area contributed by atoms with Crippen molar-refractivity contribution in [3.8, 4) is 0 Å². The maximum atomic E-state index is 6.35. The Morgan fingerprint density at radius 2 is 2.09 bits per heavy atom. The minimum Gasteiger partial charge on any atom is -0.374 e. The van der Waals surface area contributed by atoms with Gasteiger partial charge in [-0.2, -0.15) is 10.2 Å². The van der Waals surface area contributed by atoms with E-state index in [0.29, 0.717) is 0 Å². The molecule has 1 aliphatic rings. The van der Waals surface area contributed by atoms with Crippen molar-refractivity contribution in [2.24, 2.45) is 7.05 Å². The van der Waals surface area contributed by atoms with Crippen LogP contribution in [0.25, 0.3) is 0 Å². The number of aromatic nitrogens is 4. The number of nitrogens with zero attached hydrogens (tertiary/aromatic N) is 5. The Morgan fingerprint density at radius 3 is 2.70 bits per heavy atom. The first-order chi connectivity index (χ1) is 10.9. The van der Waals surface area contributed by atoms with Crippen LogP contribution in [-0.2, 0) is 24.9 Å². The van der Waals surface area contributed by atoms with E-state index in [4.69, 9.17) is 16.3 Å². The smallest absolute Gasteiger partial charge is 0.131 e. The highest BCUT2D eigenvalue weighted by atomic mass is 35.5. The molecule has 7 heteroatoms. The monoisotopic (exact) mass is 337 g/mol. The van der Waals surface area contributed by atoms with Crippen LogP contribution in [0, 0.1) is 20.8 Å². The number of hydrogen-bond donors (Lipinski definition) is 0. The first-order valence-electron chi connectivity index (χ1n) is 7.97. The maximum Gasteiger partial charge on any atom is 0.131 e. The molecule has 1 unspecified atom stereocenters. The Labute approximate surface area is 142 Å². The normalized spacial score (nSPS) is 19.4. The minimum atomic E-state index is 0.150. The van der Waals surface area contributed by atoms with E-state index >= 15 is 0 Å². The third kappa shape index (κ3) is 3.59.